The zero-order valence-electron chi connectivity index (χ0n) is 17.9. The number of nitrogens with one attached hydrogen (secondary N) is 2. The molecule has 3 fully saturated rings. The van der Waals surface area contributed by atoms with Crippen LogP contribution in [0, 0.1) is 0 Å². The van der Waals surface area contributed by atoms with E-state index in [4.69, 9.17) is 0 Å². The van der Waals surface area contributed by atoms with Gasteiger partial charge in [0.15, 0.2) is 5.96 Å². The maximum atomic E-state index is 12.6. The quantitative estimate of drug-likeness (QED) is 0.526. The highest BCUT2D eigenvalue weighted by molar-refractivity contribution is 5.80. The summed E-state index contributed by atoms with van der Waals surface area (Å²) in [5.41, 5.74) is 0.141. The van der Waals surface area contributed by atoms with Crippen molar-refractivity contribution >= 4 is 5.96 Å². The van der Waals surface area contributed by atoms with Crippen LogP contribution in [0.15, 0.2) is 4.99 Å². The smallest absolute Gasteiger partial charge is 0.355 e. The number of aliphatic imine (C=N–C) groups is 1. The van der Waals surface area contributed by atoms with E-state index in [1.807, 2.05) is 0 Å². The van der Waals surface area contributed by atoms with Gasteiger partial charge in [-0.15, -0.1) is 0 Å². The zero-order chi connectivity index (χ0) is 20.9. The van der Waals surface area contributed by atoms with Crippen LogP contribution in [-0.2, 0) is 0 Å². The van der Waals surface area contributed by atoms with Crippen LogP contribution in [-0.4, -0.2) is 105 Å². The van der Waals surface area contributed by atoms with Crippen molar-refractivity contribution in [3.05, 3.63) is 0 Å². The van der Waals surface area contributed by atoms with Crippen LogP contribution in [0.5, 0.6) is 0 Å². The van der Waals surface area contributed by atoms with Gasteiger partial charge in [0.25, 0.3) is 0 Å². The van der Waals surface area contributed by atoms with Gasteiger partial charge < -0.3 is 15.5 Å². The van der Waals surface area contributed by atoms with Gasteiger partial charge >= 0.3 is 6.18 Å². The highest BCUT2D eigenvalue weighted by Gasteiger charge is 2.40. The first-order chi connectivity index (χ1) is 13.8. The van der Waals surface area contributed by atoms with Crippen molar-refractivity contribution in [3.8, 4) is 0 Å². The first-order valence-electron chi connectivity index (χ1n) is 11.0. The number of halogens is 3. The molecule has 2 N–H and O–H groups in total. The van der Waals surface area contributed by atoms with Crippen LogP contribution in [0.4, 0.5) is 13.2 Å². The summed E-state index contributed by atoms with van der Waals surface area (Å²) >= 11 is 0. The van der Waals surface area contributed by atoms with Gasteiger partial charge in [-0.25, -0.2) is 0 Å². The van der Waals surface area contributed by atoms with Gasteiger partial charge in [-0.1, -0.05) is 6.42 Å². The normalized spacial score (nSPS) is 27.9. The number of piperidine rings is 2. The minimum absolute atomic E-state index is 0.00646. The van der Waals surface area contributed by atoms with Crippen LogP contribution in [0.1, 0.15) is 38.5 Å². The molecule has 9 heteroatoms. The van der Waals surface area contributed by atoms with Crippen molar-refractivity contribution in [2.75, 3.05) is 66.5 Å². The summed E-state index contributed by atoms with van der Waals surface area (Å²) in [5.74, 6) is 0.708. The van der Waals surface area contributed by atoms with Gasteiger partial charge in [-0.2, -0.15) is 13.2 Å². The monoisotopic (exact) mass is 418 g/mol. The first kappa shape index (κ1) is 22.6. The lowest BCUT2D eigenvalue weighted by Crippen LogP contribution is -2.62. The molecule has 3 heterocycles. The Hall–Kier alpha value is -1.06. The number of alkyl halides is 3. The van der Waals surface area contributed by atoms with Crippen molar-refractivity contribution < 1.29 is 13.2 Å². The molecule has 0 amide bonds. The van der Waals surface area contributed by atoms with Crippen molar-refractivity contribution in [1.29, 1.82) is 0 Å². The Kier molecular flexibility index (Phi) is 7.67. The lowest BCUT2D eigenvalue weighted by atomic mass is 9.84. The van der Waals surface area contributed by atoms with Crippen molar-refractivity contribution in [1.82, 2.24) is 25.3 Å². The molecule has 1 atom stereocenters. The molecule has 168 valence electrons. The van der Waals surface area contributed by atoms with E-state index >= 15 is 0 Å². The SMILES string of the molecule is CN=C(NCC1(N2CCCCC2)CCN(C)CC1)NC1CCN(CC(F)(F)F)C1. The van der Waals surface area contributed by atoms with Gasteiger partial charge in [-0.05, 0) is 65.3 Å². The third-order valence-corrected chi connectivity index (χ3v) is 6.77. The summed E-state index contributed by atoms with van der Waals surface area (Å²) in [5, 5.41) is 6.87. The molecular formula is C20H37F3N6. The Morgan fingerprint density at radius 2 is 1.76 bits per heavy atom. The molecule has 0 aromatic carbocycles. The molecule has 3 saturated heterocycles. The standard InChI is InChI=1S/C20H37F3N6/c1-24-18(26-17-6-11-28(14-17)16-20(21,22)23)25-15-19(7-12-27(2)13-8-19)29-9-4-3-5-10-29/h17H,3-16H2,1-2H3,(H2,24,25,26). The Balaban J connectivity index is 1.54. The molecule has 0 aromatic heterocycles. The highest BCUT2D eigenvalue weighted by atomic mass is 19.4. The largest absolute Gasteiger partial charge is 0.401 e. The fourth-order valence-corrected chi connectivity index (χ4v) is 4.99. The van der Waals surface area contributed by atoms with E-state index in [0.717, 1.165) is 45.6 Å². The summed E-state index contributed by atoms with van der Waals surface area (Å²) in [7, 11) is 3.92. The topological polar surface area (TPSA) is 46.1 Å². The van der Waals surface area contributed by atoms with Crippen LogP contribution in [0.25, 0.3) is 0 Å². The third kappa shape index (κ3) is 6.46. The number of hydrogen-bond donors (Lipinski definition) is 2. The number of nitrogens with zero attached hydrogens (tertiary/aromatic N) is 4. The lowest BCUT2D eigenvalue weighted by Gasteiger charge is -2.50. The van der Waals surface area contributed by atoms with Crippen molar-refractivity contribution in [2.24, 2.45) is 4.99 Å². The Morgan fingerprint density at radius 3 is 2.38 bits per heavy atom. The van der Waals surface area contributed by atoms with Gasteiger partial charge in [0.2, 0.25) is 0 Å². The fourth-order valence-electron chi connectivity index (χ4n) is 4.99. The number of likely N-dealkylation sites (tertiary alicyclic amines) is 3. The van der Waals surface area contributed by atoms with E-state index in [9.17, 15) is 13.2 Å². The summed E-state index contributed by atoms with van der Waals surface area (Å²) < 4.78 is 37.9. The predicted octanol–water partition coefficient (Wildman–Crippen LogP) is 1.74. The Morgan fingerprint density at radius 1 is 1.07 bits per heavy atom. The minimum atomic E-state index is -4.14. The molecule has 0 aliphatic carbocycles. The van der Waals surface area contributed by atoms with Crippen LogP contribution >= 0.6 is 0 Å². The molecule has 0 aromatic rings. The van der Waals surface area contributed by atoms with Crippen LogP contribution in [0.3, 0.4) is 0 Å². The molecular weight excluding hydrogens is 381 g/mol. The average Bonchev–Trinajstić information content (AvgIpc) is 3.12. The molecule has 0 saturated carbocycles. The molecule has 0 radical (unpaired) electrons. The molecule has 0 bridgehead atoms. The van der Waals surface area contributed by atoms with Crippen LogP contribution in [0.2, 0.25) is 0 Å². The Bertz CT molecular complexity index is 539. The second-order valence-electron chi connectivity index (χ2n) is 8.98. The minimum Gasteiger partial charge on any atom is -0.355 e. The molecule has 6 nitrogen and oxygen atoms in total. The van der Waals surface area contributed by atoms with E-state index in [0.29, 0.717) is 25.5 Å². The molecule has 1 unspecified atom stereocenters. The number of guanidine groups is 1. The second-order valence-corrected chi connectivity index (χ2v) is 8.98. The predicted molar refractivity (Wildman–Crippen MR) is 110 cm³/mol. The average molecular weight is 419 g/mol. The van der Waals surface area contributed by atoms with Gasteiger partial charge in [0.05, 0.1) is 6.54 Å². The maximum Gasteiger partial charge on any atom is 0.401 e. The summed E-state index contributed by atoms with van der Waals surface area (Å²) in [6, 6.07) is 0.00646. The highest BCUT2D eigenvalue weighted by Crippen LogP contribution is 2.31. The lowest BCUT2D eigenvalue weighted by molar-refractivity contribution is -0.143. The molecule has 3 aliphatic rings. The van der Waals surface area contributed by atoms with E-state index in [-0.39, 0.29) is 11.6 Å². The van der Waals surface area contributed by atoms with E-state index in [1.54, 1.807) is 7.05 Å². The van der Waals surface area contributed by atoms with E-state index in [2.05, 4.69) is 32.5 Å². The van der Waals surface area contributed by atoms with Gasteiger partial charge in [0, 0.05) is 38.3 Å². The molecule has 29 heavy (non-hydrogen) atoms. The second kappa shape index (κ2) is 9.83. The van der Waals surface area contributed by atoms with Crippen molar-refractivity contribution in [3.63, 3.8) is 0 Å². The van der Waals surface area contributed by atoms with Gasteiger partial charge in [-0.3, -0.25) is 14.8 Å². The molecule has 3 rings (SSSR count). The molecule has 3 aliphatic heterocycles. The number of rotatable bonds is 5. The van der Waals surface area contributed by atoms with Crippen LogP contribution < -0.4 is 10.6 Å². The fraction of sp³-hybridized carbons (Fsp3) is 0.950. The summed E-state index contributed by atoms with van der Waals surface area (Å²) in [6.45, 7) is 5.39. The summed E-state index contributed by atoms with van der Waals surface area (Å²) in [4.78, 5) is 10.9. The third-order valence-electron chi connectivity index (χ3n) is 6.77. The van der Waals surface area contributed by atoms with E-state index < -0.39 is 12.7 Å². The maximum absolute atomic E-state index is 12.6. The first-order valence-corrected chi connectivity index (χ1v) is 11.0. The van der Waals surface area contributed by atoms with Gasteiger partial charge in [0.1, 0.15) is 0 Å². The summed E-state index contributed by atoms with van der Waals surface area (Å²) in [6.07, 6.45) is 2.69. The molecule has 0 spiro atoms. The zero-order valence-corrected chi connectivity index (χ0v) is 17.9. The van der Waals surface area contributed by atoms with Crippen molar-refractivity contribution in [2.45, 2.75) is 56.3 Å². The number of hydrogen-bond acceptors (Lipinski definition) is 4. The van der Waals surface area contributed by atoms with E-state index in [1.165, 1.54) is 24.2 Å². The Labute approximate surface area is 172 Å².